The summed E-state index contributed by atoms with van der Waals surface area (Å²) in [5.74, 6) is -1.62. The molecule has 350 valence electrons. The smallest absolute Gasteiger partial charge is 0.255 e. The summed E-state index contributed by atoms with van der Waals surface area (Å²) in [6.45, 7) is 10.5. The summed E-state index contributed by atoms with van der Waals surface area (Å²) >= 11 is 0. The molecule has 0 heterocycles. The minimum atomic E-state index is -0.453. The Morgan fingerprint density at radius 2 is 1.09 bits per heavy atom. The molecule has 0 bridgehead atoms. The Labute approximate surface area is 403 Å². The first-order chi connectivity index (χ1) is 33.2. The van der Waals surface area contributed by atoms with Crippen LogP contribution in [0.15, 0.2) is 168 Å². The van der Waals surface area contributed by atoms with Gasteiger partial charge in [-0.2, -0.15) is 4.58 Å². The van der Waals surface area contributed by atoms with E-state index in [2.05, 4.69) is 96.3 Å². The van der Waals surface area contributed by atoms with E-state index >= 15 is 0 Å². The highest BCUT2D eigenvalue weighted by molar-refractivity contribution is 6.40. The number of unbranched alkanes of at least 4 members (excludes halogenated alkanes) is 6. The molecule has 2 aliphatic carbocycles. The van der Waals surface area contributed by atoms with Crippen molar-refractivity contribution >= 4 is 51.6 Å². The number of hydrogen-bond acceptors (Lipinski definition) is 5. The number of allylic oxidation sites excluding steroid dienone is 5. The summed E-state index contributed by atoms with van der Waals surface area (Å²) in [6.07, 6.45) is 18.4. The molecular formula is C60H66N4O4. The highest BCUT2D eigenvalue weighted by Gasteiger charge is 2.35. The molecule has 0 aromatic heterocycles. The number of aryl methyl sites for hydroxylation is 2. The fraction of sp³-hybridized carbons (Fsp3) is 0.300. The van der Waals surface area contributed by atoms with E-state index in [1.54, 1.807) is 60.7 Å². The van der Waals surface area contributed by atoms with Crippen LogP contribution in [0.3, 0.4) is 0 Å². The summed E-state index contributed by atoms with van der Waals surface area (Å²) in [5.41, 5.74) is 8.34. The summed E-state index contributed by atoms with van der Waals surface area (Å²) in [5, 5.41) is 20.9. The number of carbonyl (C=O) groups excluding carboxylic acids is 3. The average Bonchev–Trinajstić information content (AvgIpc) is 3.37. The summed E-state index contributed by atoms with van der Waals surface area (Å²) in [6, 6.07) is 40.6. The van der Waals surface area contributed by atoms with Crippen molar-refractivity contribution in [3.05, 3.63) is 196 Å². The third-order valence-corrected chi connectivity index (χ3v) is 12.7. The van der Waals surface area contributed by atoms with Crippen molar-refractivity contribution in [2.45, 2.75) is 105 Å². The van der Waals surface area contributed by atoms with Crippen molar-refractivity contribution in [3.63, 3.8) is 0 Å². The van der Waals surface area contributed by atoms with Gasteiger partial charge in [-0.15, -0.1) is 0 Å². The second kappa shape index (κ2) is 24.1. The molecule has 5 aromatic rings. The molecule has 5 aromatic carbocycles. The highest BCUT2D eigenvalue weighted by atomic mass is 16.3. The topological polar surface area (TPSA) is 105 Å². The number of nitrogens with zero attached hydrogens (tertiary/aromatic N) is 2. The standard InChI is InChI=1S/C60H66N4O4/c1-5-9-19-39-63(40-20-10-6-2)49-35-37-51(53(41-49)61-59(67)45-23-15-13-16-24-45)55-57(65)56(58(55)66)52-38-36-50(42-54(52)62-60(68)46-25-17-14-18-26-46)64(47-31-27-43(28-32-47)21-11-7-3)48-33-29-44(30-34-48)22-12-8-4/h13-18,23-38,41-42H,5-12,19-22,39-40H2,1-4H3,(H2,61,62,65,66,67,68). The number of anilines is 2. The van der Waals surface area contributed by atoms with Gasteiger partial charge in [0.15, 0.2) is 5.78 Å². The lowest BCUT2D eigenvalue weighted by Gasteiger charge is -2.34. The van der Waals surface area contributed by atoms with Gasteiger partial charge in [-0.1, -0.05) is 139 Å². The van der Waals surface area contributed by atoms with Crippen LogP contribution in [0.5, 0.6) is 0 Å². The molecule has 8 nitrogen and oxygen atoms in total. The molecule has 68 heavy (non-hydrogen) atoms. The number of amides is 2. The monoisotopic (exact) mass is 907 g/mol. The maximum absolute atomic E-state index is 14.7. The van der Waals surface area contributed by atoms with E-state index in [0.717, 1.165) is 113 Å². The van der Waals surface area contributed by atoms with Crippen LogP contribution in [0.2, 0.25) is 0 Å². The van der Waals surface area contributed by atoms with E-state index in [1.165, 1.54) is 11.1 Å². The van der Waals surface area contributed by atoms with Gasteiger partial charge in [-0.3, -0.25) is 14.4 Å². The Morgan fingerprint density at radius 3 is 1.59 bits per heavy atom. The summed E-state index contributed by atoms with van der Waals surface area (Å²) < 4.78 is 2.14. The molecule has 0 radical (unpaired) electrons. The van der Waals surface area contributed by atoms with Gasteiger partial charge < -0.3 is 20.6 Å². The van der Waals surface area contributed by atoms with E-state index in [0.29, 0.717) is 33.6 Å². The van der Waals surface area contributed by atoms with E-state index in [4.69, 9.17) is 0 Å². The van der Waals surface area contributed by atoms with Crippen LogP contribution in [0, 0.1) is 0 Å². The third kappa shape index (κ3) is 11.9. The van der Waals surface area contributed by atoms with Crippen molar-refractivity contribution in [2.24, 2.45) is 0 Å². The van der Waals surface area contributed by atoms with E-state index in [1.807, 2.05) is 36.4 Å². The average molecular weight is 907 g/mol. The SMILES string of the molecule is CCCCCN(CCCCC)c1ccc(C2=C([O-])C(=C3C=CC(=[N+](c4ccc(CCCC)cc4)c4ccc(CCCC)cc4)C=C3NC(=O)c3ccccc3)C2=O)c(NC(=O)c2ccccc2)c1. The van der Waals surface area contributed by atoms with Gasteiger partial charge in [0.2, 0.25) is 17.1 Å². The van der Waals surface area contributed by atoms with Crippen molar-refractivity contribution in [3.8, 4) is 0 Å². The first-order valence-corrected chi connectivity index (χ1v) is 24.8. The second-order valence-corrected chi connectivity index (χ2v) is 17.8. The Kier molecular flexibility index (Phi) is 17.3. The van der Waals surface area contributed by atoms with Crippen molar-refractivity contribution in [1.82, 2.24) is 9.89 Å². The van der Waals surface area contributed by atoms with Gasteiger partial charge >= 0.3 is 0 Å². The number of ketones is 1. The molecule has 0 aliphatic heterocycles. The Morgan fingerprint density at radius 1 is 0.574 bits per heavy atom. The first-order valence-electron chi connectivity index (χ1n) is 24.8. The normalized spacial score (nSPS) is 14.4. The van der Waals surface area contributed by atoms with Crippen LogP contribution >= 0.6 is 0 Å². The molecule has 8 heteroatoms. The largest absolute Gasteiger partial charge is 0.871 e. The zero-order valence-electron chi connectivity index (χ0n) is 40.3. The third-order valence-electron chi connectivity index (χ3n) is 12.7. The lowest BCUT2D eigenvalue weighted by molar-refractivity contribution is -0.297. The Bertz CT molecular complexity index is 2650. The molecule has 0 saturated carbocycles. The van der Waals surface area contributed by atoms with E-state index in [9.17, 15) is 19.5 Å². The van der Waals surface area contributed by atoms with Gasteiger partial charge in [-0.05, 0) is 92.1 Å². The minimum Gasteiger partial charge on any atom is -0.871 e. The fourth-order valence-corrected chi connectivity index (χ4v) is 8.80. The van der Waals surface area contributed by atoms with Crippen LogP contribution in [0.4, 0.5) is 22.7 Å². The van der Waals surface area contributed by atoms with Crippen LogP contribution in [-0.2, 0) is 17.6 Å². The van der Waals surface area contributed by atoms with Gasteiger partial charge in [0.1, 0.15) is 0 Å². The molecule has 2 amide bonds. The zero-order chi connectivity index (χ0) is 47.8. The van der Waals surface area contributed by atoms with Crippen LogP contribution in [0.25, 0.3) is 5.57 Å². The first kappa shape index (κ1) is 48.9. The van der Waals surface area contributed by atoms with Gasteiger partial charge in [0.05, 0.1) is 11.4 Å². The second-order valence-electron chi connectivity index (χ2n) is 17.8. The van der Waals surface area contributed by atoms with Gasteiger partial charge in [0.25, 0.3) is 11.8 Å². The van der Waals surface area contributed by atoms with Crippen molar-refractivity contribution < 1.29 is 19.5 Å². The van der Waals surface area contributed by atoms with Gasteiger partial charge in [0, 0.05) is 88.6 Å². The maximum Gasteiger partial charge on any atom is 0.255 e. The summed E-state index contributed by atoms with van der Waals surface area (Å²) in [7, 11) is 0. The number of Topliss-reactive ketones (excluding diaryl/α,β-unsaturated/α-hetero) is 1. The van der Waals surface area contributed by atoms with Gasteiger partial charge in [-0.25, -0.2) is 0 Å². The van der Waals surface area contributed by atoms with Crippen LogP contribution < -0.4 is 25.2 Å². The maximum atomic E-state index is 14.7. The Hall–Kier alpha value is -7.06. The quantitative estimate of drug-likeness (QED) is 0.0409. The predicted molar refractivity (Wildman–Crippen MR) is 279 cm³/mol. The zero-order valence-corrected chi connectivity index (χ0v) is 40.3. The van der Waals surface area contributed by atoms with Crippen molar-refractivity contribution in [1.29, 1.82) is 0 Å². The molecule has 0 saturated heterocycles. The molecule has 0 spiro atoms. The minimum absolute atomic E-state index is 0.00390. The molecule has 2 aliphatic rings. The van der Waals surface area contributed by atoms with Crippen LogP contribution in [-0.4, -0.2) is 36.4 Å². The number of carbonyl (C=O) groups is 3. The van der Waals surface area contributed by atoms with Crippen LogP contribution in [0.1, 0.15) is 129 Å². The molecule has 0 fully saturated rings. The molecule has 2 N–H and O–H groups in total. The molecule has 0 unspecified atom stereocenters. The number of nitrogens with one attached hydrogen (secondary N) is 2. The predicted octanol–water partition coefficient (Wildman–Crippen LogP) is 12.6. The highest BCUT2D eigenvalue weighted by Crippen LogP contribution is 2.42. The lowest BCUT2D eigenvalue weighted by Crippen LogP contribution is -2.34. The molecule has 7 rings (SSSR count). The van der Waals surface area contributed by atoms with E-state index < -0.39 is 11.5 Å². The molecule has 0 atom stereocenters. The van der Waals surface area contributed by atoms with E-state index in [-0.39, 0.29) is 23.0 Å². The number of hydrogen-bond donors (Lipinski definition) is 2. The lowest BCUT2D eigenvalue weighted by atomic mass is 9.78. The Balaban J connectivity index is 1.35. The fourth-order valence-electron chi connectivity index (χ4n) is 8.80. The number of benzene rings is 5. The number of rotatable bonds is 22. The van der Waals surface area contributed by atoms with Crippen molar-refractivity contribution in [2.75, 3.05) is 23.3 Å². The summed E-state index contributed by atoms with van der Waals surface area (Å²) in [4.78, 5) is 44.8. The molecular weight excluding hydrogens is 841 g/mol.